The van der Waals surface area contributed by atoms with E-state index in [4.69, 9.17) is 0 Å². The zero-order valence-corrected chi connectivity index (χ0v) is 17.3. The maximum Gasteiger partial charge on any atom is 0.330 e. The van der Waals surface area contributed by atoms with Crippen molar-refractivity contribution in [3.05, 3.63) is 68.5 Å². The molecule has 29 heavy (non-hydrogen) atoms. The SMILES string of the molecule is CN(Cc1ccccc1N1CCCCC1)C(=O)/C=C/c1cn(C)c(=O)n(C)c1=O. The van der Waals surface area contributed by atoms with E-state index in [9.17, 15) is 14.4 Å². The van der Waals surface area contributed by atoms with Crippen molar-refractivity contribution < 1.29 is 4.79 Å². The molecule has 0 spiro atoms. The summed E-state index contributed by atoms with van der Waals surface area (Å²) in [7, 11) is 4.75. The maximum atomic E-state index is 12.6. The fraction of sp³-hybridized carbons (Fsp3) is 0.409. The molecule has 0 aliphatic carbocycles. The summed E-state index contributed by atoms with van der Waals surface area (Å²) in [5.74, 6) is -0.200. The second-order valence-corrected chi connectivity index (χ2v) is 7.55. The third-order valence-electron chi connectivity index (χ3n) is 5.35. The number of benzene rings is 1. The normalized spacial score (nSPS) is 14.4. The summed E-state index contributed by atoms with van der Waals surface area (Å²) in [6.07, 6.45) is 7.95. The van der Waals surface area contributed by atoms with E-state index in [-0.39, 0.29) is 5.91 Å². The molecule has 0 saturated carbocycles. The van der Waals surface area contributed by atoms with Crippen LogP contribution in [0.1, 0.15) is 30.4 Å². The summed E-state index contributed by atoms with van der Waals surface area (Å²) in [5, 5.41) is 0. The van der Waals surface area contributed by atoms with E-state index in [1.165, 1.54) is 54.9 Å². The molecule has 3 rings (SSSR count). The van der Waals surface area contributed by atoms with Gasteiger partial charge in [0, 0.05) is 58.7 Å². The number of para-hydroxylation sites is 1. The van der Waals surface area contributed by atoms with Crippen LogP contribution in [0.3, 0.4) is 0 Å². The van der Waals surface area contributed by atoms with Crippen LogP contribution in [0.2, 0.25) is 0 Å². The molecule has 1 aromatic carbocycles. The number of aromatic nitrogens is 2. The van der Waals surface area contributed by atoms with Crippen LogP contribution in [0.5, 0.6) is 0 Å². The second-order valence-electron chi connectivity index (χ2n) is 7.55. The van der Waals surface area contributed by atoms with E-state index < -0.39 is 11.2 Å². The standard InChI is InChI=1S/C22H28N4O3/c1-23(15-17-9-5-6-10-19(17)26-13-7-4-8-14-26)20(27)12-11-18-16-24(2)22(29)25(3)21(18)28/h5-6,9-12,16H,4,7-8,13-15H2,1-3H3/b12-11+. The summed E-state index contributed by atoms with van der Waals surface area (Å²) >= 11 is 0. The lowest BCUT2D eigenvalue weighted by Gasteiger charge is -2.31. The Morgan fingerprint density at radius 3 is 2.52 bits per heavy atom. The Balaban J connectivity index is 1.75. The highest BCUT2D eigenvalue weighted by Gasteiger charge is 2.16. The molecule has 1 aliphatic heterocycles. The predicted molar refractivity (Wildman–Crippen MR) is 115 cm³/mol. The first-order chi connectivity index (χ1) is 13.9. The smallest absolute Gasteiger partial charge is 0.330 e. The average Bonchev–Trinajstić information content (AvgIpc) is 2.74. The quantitative estimate of drug-likeness (QED) is 0.722. The van der Waals surface area contributed by atoms with E-state index in [2.05, 4.69) is 17.0 Å². The average molecular weight is 396 g/mol. The van der Waals surface area contributed by atoms with Crippen LogP contribution in [0.4, 0.5) is 5.69 Å². The molecular formula is C22H28N4O3. The van der Waals surface area contributed by atoms with Gasteiger partial charge in [-0.1, -0.05) is 18.2 Å². The number of aryl methyl sites for hydroxylation is 1. The Kier molecular flexibility index (Phi) is 6.36. The van der Waals surface area contributed by atoms with Gasteiger partial charge in [-0.05, 0) is 37.0 Å². The summed E-state index contributed by atoms with van der Waals surface area (Å²) in [5.41, 5.74) is 1.77. The Morgan fingerprint density at radius 1 is 1.10 bits per heavy atom. The molecule has 0 radical (unpaired) electrons. The molecule has 1 amide bonds. The zero-order chi connectivity index (χ0) is 21.0. The molecule has 0 N–H and O–H groups in total. The number of nitrogens with zero attached hydrogens (tertiary/aromatic N) is 4. The lowest BCUT2D eigenvalue weighted by Crippen LogP contribution is -2.37. The third kappa shape index (κ3) is 4.67. The van der Waals surface area contributed by atoms with Crippen LogP contribution >= 0.6 is 0 Å². The molecule has 2 heterocycles. The Morgan fingerprint density at radius 2 is 1.79 bits per heavy atom. The van der Waals surface area contributed by atoms with Crippen molar-refractivity contribution >= 4 is 17.7 Å². The van der Waals surface area contributed by atoms with Gasteiger partial charge in [0.2, 0.25) is 5.91 Å². The van der Waals surface area contributed by atoms with Crippen molar-refractivity contribution in [1.29, 1.82) is 0 Å². The molecule has 0 atom stereocenters. The summed E-state index contributed by atoms with van der Waals surface area (Å²) in [6, 6.07) is 8.19. The van der Waals surface area contributed by atoms with Gasteiger partial charge >= 0.3 is 5.69 Å². The molecule has 2 aromatic rings. The maximum absolute atomic E-state index is 12.6. The van der Waals surface area contributed by atoms with Crippen molar-refractivity contribution in [3.63, 3.8) is 0 Å². The number of anilines is 1. The van der Waals surface area contributed by atoms with Crippen molar-refractivity contribution in [2.24, 2.45) is 14.1 Å². The number of carbonyl (C=O) groups is 1. The number of amides is 1. The van der Waals surface area contributed by atoms with E-state index in [0.717, 1.165) is 23.2 Å². The van der Waals surface area contributed by atoms with E-state index in [1.807, 2.05) is 12.1 Å². The van der Waals surface area contributed by atoms with Gasteiger partial charge in [-0.2, -0.15) is 0 Å². The van der Waals surface area contributed by atoms with Gasteiger partial charge in [0.1, 0.15) is 0 Å². The predicted octanol–water partition coefficient (Wildman–Crippen LogP) is 1.75. The number of hydrogen-bond donors (Lipinski definition) is 0. The van der Waals surface area contributed by atoms with Gasteiger partial charge in [-0.3, -0.25) is 14.2 Å². The number of carbonyl (C=O) groups excluding carboxylic acids is 1. The number of likely N-dealkylation sites (N-methyl/N-ethyl adjacent to an activating group) is 1. The molecule has 0 bridgehead atoms. The minimum Gasteiger partial charge on any atom is -0.371 e. The number of hydrogen-bond acceptors (Lipinski definition) is 4. The molecule has 0 unspecified atom stereocenters. The van der Waals surface area contributed by atoms with Crippen molar-refractivity contribution in [2.45, 2.75) is 25.8 Å². The van der Waals surface area contributed by atoms with Crippen LogP contribution in [0.15, 0.2) is 46.1 Å². The fourth-order valence-electron chi connectivity index (χ4n) is 3.66. The van der Waals surface area contributed by atoms with Crippen LogP contribution < -0.4 is 16.1 Å². The van der Waals surface area contributed by atoms with E-state index in [0.29, 0.717) is 12.1 Å². The number of piperidine rings is 1. The van der Waals surface area contributed by atoms with Gasteiger partial charge in [0.25, 0.3) is 5.56 Å². The molecule has 7 nitrogen and oxygen atoms in total. The lowest BCUT2D eigenvalue weighted by molar-refractivity contribution is -0.125. The summed E-state index contributed by atoms with van der Waals surface area (Å²) in [4.78, 5) is 40.6. The Hall–Kier alpha value is -3.09. The summed E-state index contributed by atoms with van der Waals surface area (Å²) in [6.45, 7) is 2.58. The molecule has 1 aliphatic rings. The minimum absolute atomic E-state index is 0.200. The first kappa shape index (κ1) is 20.6. The monoisotopic (exact) mass is 396 g/mol. The lowest BCUT2D eigenvalue weighted by atomic mass is 10.1. The van der Waals surface area contributed by atoms with Crippen LogP contribution in [-0.4, -0.2) is 40.1 Å². The molecular weight excluding hydrogens is 368 g/mol. The largest absolute Gasteiger partial charge is 0.371 e. The first-order valence-corrected chi connectivity index (χ1v) is 9.91. The highest BCUT2D eigenvalue weighted by atomic mass is 16.2. The zero-order valence-electron chi connectivity index (χ0n) is 17.3. The van der Waals surface area contributed by atoms with Gasteiger partial charge in [-0.25, -0.2) is 4.79 Å². The van der Waals surface area contributed by atoms with Crippen LogP contribution in [0.25, 0.3) is 6.08 Å². The van der Waals surface area contributed by atoms with Gasteiger partial charge < -0.3 is 14.4 Å². The fourth-order valence-corrected chi connectivity index (χ4v) is 3.66. The molecule has 154 valence electrons. The Labute approximate surface area is 170 Å². The third-order valence-corrected chi connectivity index (χ3v) is 5.35. The topological polar surface area (TPSA) is 67.5 Å². The molecule has 7 heteroatoms. The minimum atomic E-state index is -0.421. The van der Waals surface area contributed by atoms with Crippen LogP contribution in [0, 0.1) is 0 Å². The first-order valence-electron chi connectivity index (χ1n) is 9.91. The molecule has 1 aromatic heterocycles. The second kappa shape index (κ2) is 8.94. The Bertz CT molecular complexity index is 1030. The molecule has 1 fully saturated rings. The van der Waals surface area contributed by atoms with Gasteiger partial charge in [0.05, 0.1) is 5.56 Å². The van der Waals surface area contributed by atoms with E-state index >= 15 is 0 Å². The van der Waals surface area contributed by atoms with Gasteiger partial charge in [0.15, 0.2) is 0 Å². The highest BCUT2D eigenvalue weighted by molar-refractivity contribution is 5.91. The van der Waals surface area contributed by atoms with Gasteiger partial charge in [-0.15, -0.1) is 0 Å². The van der Waals surface area contributed by atoms with Crippen molar-refractivity contribution in [2.75, 3.05) is 25.0 Å². The summed E-state index contributed by atoms with van der Waals surface area (Å²) < 4.78 is 2.35. The highest BCUT2D eigenvalue weighted by Crippen LogP contribution is 2.25. The van der Waals surface area contributed by atoms with E-state index in [1.54, 1.807) is 19.0 Å². The van der Waals surface area contributed by atoms with Crippen molar-refractivity contribution in [3.8, 4) is 0 Å². The van der Waals surface area contributed by atoms with Crippen molar-refractivity contribution in [1.82, 2.24) is 14.0 Å². The van der Waals surface area contributed by atoms with Crippen LogP contribution in [-0.2, 0) is 25.4 Å². The number of rotatable bonds is 5. The molecule has 1 saturated heterocycles.